The van der Waals surface area contributed by atoms with Crippen LogP contribution < -0.4 is 10.0 Å². The quantitative estimate of drug-likeness (QED) is 0.870. The van der Waals surface area contributed by atoms with E-state index in [0.29, 0.717) is 17.5 Å². The average molecular weight is 358 g/mol. The molecule has 2 amide bonds. The van der Waals surface area contributed by atoms with Crippen molar-refractivity contribution >= 4 is 33.3 Å². The molecule has 1 saturated heterocycles. The Morgan fingerprint density at radius 2 is 2.09 bits per heavy atom. The van der Waals surface area contributed by atoms with Crippen LogP contribution in [0.1, 0.15) is 18.4 Å². The number of carbonyl (C=O) groups is 1. The zero-order valence-corrected chi connectivity index (χ0v) is 14.6. The predicted molar refractivity (Wildman–Crippen MR) is 90.2 cm³/mol. The number of likely N-dealkylation sites (tertiary alicyclic amines) is 1. The van der Waals surface area contributed by atoms with Gasteiger partial charge in [-0.15, -0.1) is 0 Å². The Morgan fingerprint density at radius 3 is 2.70 bits per heavy atom. The van der Waals surface area contributed by atoms with Gasteiger partial charge in [0.15, 0.2) is 0 Å². The Hall–Kier alpha value is -1.31. The van der Waals surface area contributed by atoms with Gasteiger partial charge >= 0.3 is 6.03 Å². The Labute approximate surface area is 141 Å². The number of hydrogen-bond acceptors (Lipinski definition) is 3. The van der Waals surface area contributed by atoms with Crippen LogP contribution in [-0.2, 0) is 10.0 Å². The Kier molecular flexibility index (Phi) is 4.29. The van der Waals surface area contributed by atoms with E-state index in [-0.39, 0.29) is 18.1 Å². The molecule has 3 rings (SSSR count). The second kappa shape index (κ2) is 5.96. The minimum absolute atomic E-state index is 0.0812. The molecule has 2 aliphatic rings. The number of benzene rings is 1. The molecule has 6 nitrogen and oxygen atoms in total. The monoisotopic (exact) mass is 357 g/mol. The number of piperidine rings is 1. The third-order valence-corrected chi connectivity index (χ3v) is 5.50. The summed E-state index contributed by atoms with van der Waals surface area (Å²) in [6.07, 6.45) is 2.79. The minimum atomic E-state index is -3.27. The highest BCUT2D eigenvalue weighted by molar-refractivity contribution is 7.88. The van der Waals surface area contributed by atoms with Crippen molar-refractivity contribution in [1.82, 2.24) is 9.62 Å². The highest BCUT2D eigenvalue weighted by Gasteiger charge is 2.47. The lowest BCUT2D eigenvalue weighted by atomic mass is 10.1. The molecule has 0 radical (unpaired) electrons. The molecule has 2 fully saturated rings. The van der Waals surface area contributed by atoms with Crippen molar-refractivity contribution in [3.8, 4) is 0 Å². The number of halogens is 1. The van der Waals surface area contributed by atoms with Gasteiger partial charge in [0.2, 0.25) is 10.0 Å². The molecule has 2 N–H and O–H groups in total. The average Bonchev–Trinajstić information content (AvgIpc) is 2.99. The standard InChI is InChI=1S/C15H20ClN3O3S/c1-9-5-11(16)3-4-12(9)17-15(20)19-8-10-6-13(14(19)7-10)18-23(2,21)22/h3-5,10,13-14,18H,6-8H2,1-2H3,(H,17,20)/t10-,13+,14-/m1/s1. The number of urea groups is 1. The molecule has 1 aliphatic heterocycles. The van der Waals surface area contributed by atoms with Gasteiger partial charge in [0.25, 0.3) is 0 Å². The maximum atomic E-state index is 12.6. The normalized spacial score (nSPS) is 26.6. The molecule has 8 heteroatoms. The summed E-state index contributed by atoms with van der Waals surface area (Å²) in [5, 5.41) is 3.52. The molecule has 23 heavy (non-hydrogen) atoms. The fraction of sp³-hybridized carbons (Fsp3) is 0.533. The second-order valence-corrected chi connectivity index (χ2v) is 8.66. The van der Waals surface area contributed by atoms with Gasteiger partial charge < -0.3 is 10.2 Å². The van der Waals surface area contributed by atoms with Crippen molar-refractivity contribution in [3.63, 3.8) is 0 Å². The summed E-state index contributed by atoms with van der Waals surface area (Å²) < 4.78 is 25.6. The first-order valence-corrected chi connectivity index (χ1v) is 9.81. The van der Waals surface area contributed by atoms with E-state index in [1.807, 2.05) is 6.92 Å². The number of aryl methyl sites for hydroxylation is 1. The van der Waals surface area contributed by atoms with Crippen molar-refractivity contribution in [3.05, 3.63) is 28.8 Å². The molecule has 3 atom stereocenters. The van der Waals surface area contributed by atoms with Crippen LogP contribution in [0.25, 0.3) is 0 Å². The van der Waals surface area contributed by atoms with E-state index >= 15 is 0 Å². The van der Waals surface area contributed by atoms with Gasteiger partial charge in [0.1, 0.15) is 0 Å². The number of anilines is 1. The lowest BCUT2D eigenvalue weighted by Crippen LogP contribution is -2.52. The topological polar surface area (TPSA) is 78.5 Å². The highest BCUT2D eigenvalue weighted by atomic mass is 35.5. The SMILES string of the molecule is Cc1cc(Cl)ccc1NC(=O)N1C[C@@H]2C[C@H](NS(C)(=O)=O)[C@H]1C2. The Morgan fingerprint density at radius 1 is 1.35 bits per heavy atom. The van der Waals surface area contributed by atoms with Gasteiger partial charge in [-0.1, -0.05) is 11.6 Å². The van der Waals surface area contributed by atoms with E-state index < -0.39 is 10.0 Å². The maximum Gasteiger partial charge on any atom is 0.322 e. The molecule has 2 bridgehead atoms. The number of hydrogen-bond donors (Lipinski definition) is 2. The van der Waals surface area contributed by atoms with Crippen molar-refractivity contribution in [2.75, 3.05) is 18.1 Å². The largest absolute Gasteiger partial charge is 0.322 e. The van der Waals surface area contributed by atoms with Crippen LogP contribution in [0.4, 0.5) is 10.5 Å². The van der Waals surface area contributed by atoms with Crippen LogP contribution in [0.2, 0.25) is 5.02 Å². The maximum absolute atomic E-state index is 12.6. The fourth-order valence-corrected chi connectivity index (χ4v) is 4.64. The van der Waals surface area contributed by atoms with Crippen molar-refractivity contribution in [2.24, 2.45) is 5.92 Å². The number of rotatable bonds is 3. The molecular formula is C15H20ClN3O3S. The van der Waals surface area contributed by atoms with Crippen LogP contribution in [0.3, 0.4) is 0 Å². The summed E-state index contributed by atoms with van der Waals surface area (Å²) in [5.41, 5.74) is 1.61. The van der Waals surface area contributed by atoms with Crippen molar-refractivity contribution < 1.29 is 13.2 Å². The van der Waals surface area contributed by atoms with E-state index in [1.54, 1.807) is 23.1 Å². The van der Waals surface area contributed by atoms with E-state index in [4.69, 9.17) is 11.6 Å². The van der Waals surface area contributed by atoms with Gasteiger partial charge in [-0.25, -0.2) is 17.9 Å². The summed E-state index contributed by atoms with van der Waals surface area (Å²) in [4.78, 5) is 14.3. The van der Waals surface area contributed by atoms with E-state index in [1.165, 1.54) is 0 Å². The number of sulfonamides is 1. The number of nitrogens with zero attached hydrogens (tertiary/aromatic N) is 1. The van der Waals surface area contributed by atoms with Gasteiger partial charge in [0.05, 0.1) is 12.3 Å². The second-order valence-electron chi connectivity index (χ2n) is 6.44. The zero-order chi connectivity index (χ0) is 16.8. The first-order chi connectivity index (χ1) is 10.7. The Bertz CT molecular complexity index is 737. The molecule has 1 saturated carbocycles. The summed E-state index contributed by atoms with van der Waals surface area (Å²) in [5.74, 6) is 0.358. The zero-order valence-electron chi connectivity index (χ0n) is 13.0. The van der Waals surface area contributed by atoms with Gasteiger partial charge in [-0.3, -0.25) is 0 Å². The third kappa shape index (κ3) is 3.62. The van der Waals surface area contributed by atoms with Crippen LogP contribution >= 0.6 is 11.6 Å². The summed E-state index contributed by atoms with van der Waals surface area (Å²) in [6.45, 7) is 2.55. The molecule has 0 aromatic heterocycles. The smallest absolute Gasteiger partial charge is 0.320 e. The molecule has 0 unspecified atom stereocenters. The van der Waals surface area contributed by atoms with E-state index in [9.17, 15) is 13.2 Å². The van der Waals surface area contributed by atoms with Crippen molar-refractivity contribution in [1.29, 1.82) is 0 Å². The molecule has 1 aliphatic carbocycles. The van der Waals surface area contributed by atoms with Crippen molar-refractivity contribution in [2.45, 2.75) is 31.8 Å². The molecule has 126 valence electrons. The molecular weight excluding hydrogens is 338 g/mol. The van der Waals surface area contributed by atoms with Crippen LogP contribution in [-0.4, -0.2) is 44.2 Å². The van der Waals surface area contributed by atoms with Gasteiger partial charge in [-0.05, 0) is 49.4 Å². The summed E-state index contributed by atoms with van der Waals surface area (Å²) >= 11 is 5.92. The Balaban J connectivity index is 1.71. The van der Waals surface area contributed by atoms with Gasteiger partial charge in [0, 0.05) is 23.3 Å². The first-order valence-electron chi connectivity index (χ1n) is 7.54. The fourth-order valence-electron chi connectivity index (χ4n) is 3.61. The van der Waals surface area contributed by atoms with E-state index in [2.05, 4.69) is 10.0 Å². The lowest BCUT2D eigenvalue weighted by Gasteiger charge is -2.33. The molecule has 0 spiro atoms. The van der Waals surface area contributed by atoms with E-state index in [0.717, 1.165) is 30.3 Å². The number of fused-ring (bicyclic) bond motifs is 2. The van der Waals surface area contributed by atoms with Crippen LogP contribution in [0, 0.1) is 12.8 Å². The van der Waals surface area contributed by atoms with Gasteiger partial charge in [-0.2, -0.15) is 0 Å². The van der Waals surface area contributed by atoms with Crippen LogP contribution in [0.5, 0.6) is 0 Å². The minimum Gasteiger partial charge on any atom is -0.320 e. The molecule has 1 aromatic rings. The summed E-state index contributed by atoms with van der Waals surface area (Å²) in [6, 6.07) is 4.83. The predicted octanol–water partition coefficient (Wildman–Crippen LogP) is 2.19. The highest BCUT2D eigenvalue weighted by Crippen LogP contribution is 2.38. The molecule has 1 heterocycles. The number of amides is 2. The number of carbonyl (C=O) groups excluding carboxylic acids is 1. The molecule has 1 aromatic carbocycles. The van der Waals surface area contributed by atoms with Crippen LogP contribution in [0.15, 0.2) is 18.2 Å². The summed E-state index contributed by atoms with van der Waals surface area (Å²) in [7, 11) is -3.27. The number of nitrogens with one attached hydrogen (secondary N) is 2. The third-order valence-electron chi connectivity index (χ3n) is 4.54. The lowest BCUT2D eigenvalue weighted by molar-refractivity contribution is 0.183. The first kappa shape index (κ1) is 16.5.